The zero-order valence-electron chi connectivity index (χ0n) is 9.46. The van der Waals surface area contributed by atoms with Crippen LogP contribution >= 0.6 is 22.7 Å². The second-order valence-corrected chi connectivity index (χ2v) is 5.81. The summed E-state index contributed by atoms with van der Waals surface area (Å²) in [7, 11) is 0. The molecule has 3 heterocycles. The van der Waals surface area contributed by atoms with Crippen molar-refractivity contribution in [2.45, 2.75) is 18.9 Å². The van der Waals surface area contributed by atoms with Gasteiger partial charge in [-0.2, -0.15) is 0 Å². The van der Waals surface area contributed by atoms with Gasteiger partial charge in [0.1, 0.15) is 6.10 Å². The summed E-state index contributed by atoms with van der Waals surface area (Å²) < 4.78 is 5.31. The fourth-order valence-corrected chi connectivity index (χ4v) is 3.28. The van der Waals surface area contributed by atoms with E-state index in [4.69, 9.17) is 4.74 Å². The van der Waals surface area contributed by atoms with Crippen LogP contribution in [-0.2, 0) is 9.53 Å². The summed E-state index contributed by atoms with van der Waals surface area (Å²) >= 11 is 2.98. The molecule has 0 saturated carbocycles. The van der Waals surface area contributed by atoms with Crippen LogP contribution in [0.15, 0.2) is 17.5 Å². The minimum Gasteiger partial charge on any atom is -0.368 e. The SMILES string of the molecule is O=C(Nc1nnc(-c2cccs2)s1)[C@H]1CCCO1. The number of carbonyl (C=O) groups excluding carboxylic acids is 1. The average molecular weight is 281 g/mol. The molecule has 1 atom stereocenters. The minimum atomic E-state index is -0.334. The van der Waals surface area contributed by atoms with E-state index in [-0.39, 0.29) is 12.0 Å². The minimum absolute atomic E-state index is 0.124. The molecule has 0 aromatic carbocycles. The number of nitrogens with zero attached hydrogens (tertiary/aromatic N) is 2. The molecule has 0 bridgehead atoms. The van der Waals surface area contributed by atoms with E-state index < -0.39 is 0 Å². The standard InChI is InChI=1S/C11H11N3O2S2/c15-9(7-3-1-5-16-7)12-11-14-13-10(18-11)8-4-2-6-17-8/h2,4,6-7H,1,3,5H2,(H,12,14,15)/t7-/m1/s1. The molecule has 1 fully saturated rings. The molecule has 1 saturated heterocycles. The molecule has 0 radical (unpaired) electrons. The molecule has 7 heteroatoms. The van der Waals surface area contributed by atoms with E-state index in [9.17, 15) is 4.79 Å². The molecule has 2 aromatic heterocycles. The number of aromatic nitrogens is 2. The van der Waals surface area contributed by atoms with Crippen LogP contribution in [0.25, 0.3) is 9.88 Å². The average Bonchev–Trinajstić information content (AvgIpc) is 3.12. The Labute approximate surface area is 112 Å². The van der Waals surface area contributed by atoms with Crippen molar-refractivity contribution in [1.82, 2.24) is 10.2 Å². The van der Waals surface area contributed by atoms with Gasteiger partial charge >= 0.3 is 0 Å². The summed E-state index contributed by atoms with van der Waals surface area (Å²) in [5.74, 6) is -0.124. The highest BCUT2D eigenvalue weighted by Gasteiger charge is 2.24. The highest BCUT2D eigenvalue weighted by atomic mass is 32.1. The summed E-state index contributed by atoms with van der Waals surface area (Å²) in [5, 5.41) is 14.1. The Morgan fingerprint density at radius 3 is 3.17 bits per heavy atom. The maximum absolute atomic E-state index is 11.8. The van der Waals surface area contributed by atoms with E-state index in [1.54, 1.807) is 11.3 Å². The van der Waals surface area contributed by atoms with E-state index in [0.717, 1.165) is 22.7 Å². The first-order valence-electron chi connectivity index (χ1n) is 5.63. The summed E-state index contributed by atoms with van der Waals surface area (Å²) in [6, 6.07) is 3.95. The summed E-state index contributed by atoms with van der Waals surface area (Å²) in [5.41, 5.74) is 0. The van der Waals surface area contributed by atoms with Crippen LogP contribution in [0, 0.1) is 0 Å². The van der Waals surface area contributed by atoms with Crippen LogP contribution in [0.3, 0.4) is 0 Å². The number of amides is 1. The number of rotatable bonds is 3. The quantitative estimate of drug-likeness (QED) is 0.938. The molecule has 0 unspecified atom stereocenters. The molecular formula is C11H11N3O2S2. The maximum atomic E-state index is 11.8. The van der Waals surface area contributed by atoms with E-state index in [0.29, 0.717) is 11.7 Å². The van der Waals surface area contributed by atoms with Crippen LogP contribution < -0.4 is 5.32 Å². The van der Waals surface area contributed by atoms with E-state index >= 15 is 0 Å². The molecule has 2 aromatic rings. The predicted molar refractivity (Wildman–Crippen MR) is 70.8 cm³/mol. The molecular weight excluding hydrogens is 270 g/mol. The normalized spacial score (nSPS) is 19.0. The van der Waals surface area contributed by atoms with Gasteiger partial charge in [0.2, 0.25) is 5.13 Å². The lowest BCUT2D eigenvalue weighted by Crippen LogP contribution is -2.26. The fraction of sp³-hybridized carbons (Fsp3) is 0.364. The molecule has 1 aliphatic heterocycles. The highest BCUT2D eigenvalue weighted by molar-refractivity contribution is 7.23. The molecule has 1 N–H and O–H groups in total. The van der Waals surface area contributed by atoms with Crippen molar-refractivity contribution in [2.75, 3.05) is 11.9 Å². The van der Waals surface area contributed by atoms with Crippen molar-refractivity contribution < 1.29 is 9.53 Å². The maximum Gasteiger partial charge on any atom is 0.255 e. The van der Waals surface area contributed by atoms with Crippen molar-refractivity contribution in [1.29, 1.82) is 0 Å². The third-order valence-corrected chi connectivity index (χ3v) is 4.49. The molecule has 5 nitrogen and oxygen atoms in total. The number of hydrogen-bond donors (Lipinski definition) is 1. The van der Waals surface area contributed by atoms with Gasteiger partial charge in [-0.1, -0.05) is 17.4 Å². The summed E-state index contributed by atoms with van der Waals surface area (Å²) in [6.07, 6.45) is 1.39. The van der Waals surface area contributed by atoms with E-state index in [2.05, 4.69) is 15.5 Å². The third kappa shape index (κ3) is 2.43. The Morgan fingerprint density at radius 1 is 1.50 bits per heavy atom. The Morgan fingerprint density at radius 2 is 2.44 bits per heavy atom. The lowest BCUT2D eigenvalue weighted by molar-refractivity contribution is -0.124. The van der Waals surface area contributed by atoms with Crippen molar-refractivity contribution in [3.63, 3.8) is 0 Å². The van der Waals surface area contributed by atoms with Crippen molar-refractivity contribution in [2.24, 2.45) is 0 Å². The Hall–Kier alpha value is -1.31. The number of ether oxygens (including phenoxy) is 1. The molecule has 1 aliphatic rings. The molecule has 94 valence electrons. The van der Waals surface area contributed by atoms with Crippen LogP contribution in [0.4, 0.5) is 5.13 Å². The molecule has 18 heavy (non-hydrogen) atoms. The van der Waals surface area contributed by atoms with Crippen LogP contribution in [0.2, 0.25) is 0 Å². The number of carbonyl (C=O) groups is 1. The van der Waals surface area contributed by atoms with Gasteiger partial charge in [-0.25, -0.2) is 0 Å². The third-order valence-electron chi connectivity index (χ3n) is 2.61. The van der Waals surface area contributed by atoms with Crippen LogP contribution in [-0.4, -0.2) is 28.8 Å². The van der Waals surface area contributed by atoms with Crippen molar-refractivity contribution >= 4 is 33.7 Å². The first-order valence-corrected chi connectivity index (χ1v) is 7.32. The summed E-state index contributed by atoms with van der Waals surface area (Å²) in [6.45, 7) is 0.661. The first-order chi connectivity index (χ1) is 8.83. The van der Waals surface area contributed by atoms with Gasteiger partial charge in [-0.05, 0) is 24.3 Å². The zero-order chi connectivity index (χ0) is 12.4. The second-order valence-electron chi connectivity index (χ2n) is 3.88. The topological polar surface area (TPSA) is 64.1 Å². The molecule has 0 aliphatic carbocycles. The monoisotopic (exact) mass is 281 g/mol. The summed E-state index contributed by atoms with van der Waals surface area (Å²) in [4.78, 5) is 12.9. The van der Waals surface area contributed by atoms with Crippen LogP contribution in [0.5, 0.6) is 0 Å². The van der Waals surface area contributed by atoms with Gasteiger partial charge < -0.3 is 4.74 Å². The smallest absolute Gasteiger partial charge is 0.255 e. The number of hydrogen-bond acceptors (Lipinski definition) is 6. The Bertz CT molecular complexity index is 532. The largest absolute Gasteiger partial charge is 0.368 e. The second kappa shape index (κ2) is 5.13. The van der Waals surface area contributed by atoms with Gasteiger partial charge in [0.15, 0.2) is 5.01 Å². The van der Waals surface area contributed by atoms with Gasteiger partial charge in [0.05, 0.1) is 4.88 Å². The lowest BCUT2D eigenvalue weighted by Gasteiger charge is -2.06. The molecule has 3 rings (SSSR count). The molecule has 1 amide bonds. The highest BCUT2D eigenvalue weighted by Crippen LogP contribution is 2.29. The first kappa shape index (κ1) is 11.8. The van der Waals surface area contributed by atoms with Crippen molar-refractivity contribution in [3.05, 3.63) is 17.5 Å². The Kier molecular flexibility index (Phi) is 3.35. The van der Waals surface area contributed by atoms with Gasteiger partial charge in [0, 0.05) is 6.61 Å². The van der Waals surface area contributed by atoms with Crippen LogP contribution in [0.1, 0.15) is 12.8 Å². The number of nitrogens with one attached hydrogen (secondary N) is 1. The van der Waals surface area contributed by atoms with Gasteiger partial charge in [0.25, 0.3) is 5.91 Å². The van der Waals surface area contributed by atoms with E-state index in [1.807, 2.05) is 17.5 Å². The predicted octanol–water partition coefficient (Wildman–Crippen LogP) is 2.38. The van der Waals surface area contributed by atoms with E-state index in [1.165, 1.54) is 11.3 Å². The molecule has 0 spiro atoms. The fourth-order valence-electron chi connectivity index (χ4n) is 1.74. The van der Waals surface area contributed by atoms with Gasteiger partial charge in [-0.3, -0.25) is 10.1 Å². The van der Waals surface area contributed by atoms with Crippen molar-refractivity contribution in [3.8, 4) is 9.88 Å². The van der Waals surface area contributed by atoms with Gasteiger partial charge in [-0.15, -0.1) is 21.5 Å². The lowest BCUT2D eigenvalue weighted by atomic mass is 10.2. The zero-order valence-corrected chi connectivity index (χ0v) is 11.1. The number of thiophene rings is 1. The number of anilines is 1. The Balaban J connectivity index is 1.68.